The number of ether oxygens (including phenoxy) is 2. The van der Waals surface area contributed by atoms with E-state index < -0.39 is 0 Å². The molecule has 170 valence electrons. The fourth-order valence-electron chi connectivity index (χ4n) is 4.51. The standard InChI is InChI=1S/C26H33N3O3/c1-3-12-27-26(30)21-4-9-24-20(19-21)11-18-32-25(24)10-13-28-14-16-29(17-15-28)22-5-7-23(31-2)8-6-22/h3-9,19,25H,1,10-18H2,2H3,(H,27,30). The molecule has 0 radical (unpaired) electrons. The van der Waals surface area contributed by atoms with E-state index in [9.17, 15) is 4.79 Å². The summed E-state index contributed by atoms with van der Waals surface area (Å²) in [6, 6.07) is 14.3. The number of nitrogens with zero attached hydrogens (tertiary/aromatic N) is 2. The molecule has 1 unspecified atom stereocenters. The Morgan fingerprint density at radius 1 is 1.19 bits per heavy atom. The second kappa shape index (κ2) is 10.7. The molecular weight excluding hydrogens is 402 g/mol. The number of hydrogen-bond acceptors (Lipinski definition) is 5. The van der Waals surface area contributed by atoms with E-state index in [1.165, 1.54) is 16.8 Å². The zero-order chi connectivity index (χ0) is 22.3. The van der Waals surface area contributed by atoms with Gasteiger partial charge in [-0.25, -0.2) is 0 Å². The summed E-state index contributed by atoms with van der Waals surface area (Å²) < 4.78 is 11.4. The first-order valence-corrected chi connectivity index (χ1v) is 11.4. The second-order valence-corrected chi connectivity index (χ2v) is 8.34. The van der Waals surface area contributed by atoms with Gasteiger partial charge in [-0.2, -0.15) is 0 Å². The maximum absolute atomic E-state index is 12.3. The highest BCUT2D eigenvalue weighted by atomic mass is 16.5. The number of anilines is 1. The van der Waals surface area contributed by atoms with Gasteiger partial charge in [0.15, 0.2) is 0 Å². The van der Waals surface area contributed by atoms with Crippen molar-refractivity contribution in [1.29, 1.82) is 0 Å². The molecule has 1 atom stereocenters. The molecule has 2 aliphatic rings. The van der Waals surface area contributed by atoms with Crippen LogP contribution in [0.3, 0.4) is 0 Å². The highest BCUT2D eigenvalue weighted by Gasteiger charge is 2.24. The predicted octanol–water partition coefficient (Wildman–Crippen LogP) is 3.44. The quantitative estimate of drug-likeness (QED) is 0.644. The molecule has 2 aromatic rings. The van der Waals surface area contributed by atoms with Gasteiger partial charge < -0.3 is 19.7 Å². The van der Waals surface area contributed by atoms with Crippen molar-refractivity contribution in [2.45, 2.75) is 18.9 Å². The van der Waals surface area contributed by atoms with Crippen molar-refractivity contribution in [2.75, 3.05) is 57.9 Å². The van der Waals surface area contributed by atoms with E-state index in [0.717, 1.165) is 51.3 Å². The summed E-state index contributed by atoms with van der Waals surface area (Å²) in [5, 5.41) is 2.85. The molecule has 1 amide bonds. The number of nitrogens with one attached hydrogen (secondary N) is 1. The maximum Gasteiger partial charge on any atom is 0.251 e. The smallest absolute Gasteiger partial charge is 0.251 e. The summed E-state index contributed by atoms with van der Waals surface area (Å²) in [5.41, 5.74) is 4.43. The number of hydrogen-bond donors (Lipinski definition) is 1. The minimum Gasteiger partial charge on any atom is -0.497 e. The van der Waals surface area contributed by atoms with Crippen LogP contribution in [0.4, 0.5) is 5.69 Å². The molecule has 2 heterocycles. The van der Waals surface area contributed by atoms with Crippen LogP contribution < -0.4 is 15.0 Å². The van der Waals surface area contributed by atoms with Gasteiger partial charge >= 0.3 is 0 Å². The number of benzene rings is 2. The Labute approximate surface area is 190 Å². The van der Waals surface area contributed by atoms with Crippen LogP contribution in [0.5, 0.6) is 5.75 Å². The summed E-state index contributed by atoms with van der Waals surface area (Å²) in [4.78, 5) is 17.2. The number of fused-ring (bicyclic) bond motifs is 1. The Bertz CT molecular complexity index is 920. The Morgan fingerprint density at radius 3 is 2.69 bits per heavy atom. The van der Waals surface area contributed by atoms with Gasteiger partial charge in [0.1, 0.15) is 5.75 Å². The van der Waals surface area contributed by atoms with Gasteiger partial charge in [-0.05, 0) is 60.4 Å². The third-order valence-corrected chi connectivity index (χ3v) is 6.37. The van der Waals surface area contributed by atoms with Crippen molar-refractivity contribution in [3.63, 3.8) is 0 Å². The van der Waals surface area contributed by atoms with Crippen molar-refractivity contribution in [3.05, 3.63) is 71.8 Å². The van der Waals surface area contributed by atoms with Gasteiger partial charge in [0.25, 0.3) is 5.91 Å². The van der Waals surface area contributed by atoms with Crippen LogP contribution in [0.25, 0.3) is 0 Å². The molecule has 0 aromatic heterocycles. The van der Waals surface area contributed by atoms with E-state index in [1.807, 2.05) is 24.3 Å². The van der Waals surface area contributed by atoms with Crippen molar-refractivity contribution >= 4 is 11.6 Å². The Hall–Kier alpha value is -2.83. The number of methoxy groups -OCH3 is 1. The molecule has 2 aromatic carbocycles. The lowest BCUT2D eigenvalue weighted by Gasteiger charge is -2.37. The van der Waals surface area contributed by atoms with E-state index >= 15 is 0 Å². The molecule has 4 rings (SSSR count). The van der Waals surface area contributed by atoms with Gasteiger partial charge in [-0.1, -0.05) is 12.1 Å². The van der Waals surface area contributed by atoms with Crippen molar-refractivity contribution < 1.29 is 14.3 Å². The topological polar surface area (TPSA) is 54.0 Å². The highest BCUT2D eigenvalue weighted by Crippen LogP contribution is 2.31. The largest absolute Gasteiger partial charge is 0.497 e. The molecule has 1 saturated heterocycles. The zero-order valence-corrected chi connectivity index (χ0v) is 18.9. The molecule has 6 nitrogen and oxygen atoms in total. The number of carbonyl (C=O) groups is 1. The highest BCUT2D eigenvalue weighted by molar-refractivity contribution is 5.94. The molecule has 6 heteroatoms. The zero-order valence-electron chi connectivity index (χ0n) is 18.9. The maximum atomic E-state index is 12.3. The van der Waals surface area contributed by atoms with Crippen LogP contribution in [-0.4, -0.2) is 63.8 Å². The number of carbonyl (C=O) groups excluding carboxylic acids is 1. The van der Waals surface area contributed by atoms with E-state index in [1.54, 1.807) is 13.2 Å². The molecule has 0 saturated carbocycles. The normalized spacial score (nSPS) is 18.7. The Kier molecular flexibility index (Phi) is 7.45. The van der Waals surface area contributed by atoms with Gasteiger partial charge in [0.05, 0.1) is 19.8 Å². The van der Waals surface area contributed by atoms with Gasteiger partial charge in [0.2, 0.25) is 0 Å². The summed E-state index contributed by atoms with van der Waals surface area (Å²) in [7, 11) is 1.70. The van der Waals surface area contributed by atoms with Gasteiger partial charge in [-0.15, -0.1) is 6.58 Å². The molecule has 1 fully saturated rings. The van der Waals surface area contributed by atoms with Crippen molar-refractivity contribution in [1.82, 2.24) is 10.2 Å². The minimum atomic E-state index is -0.0505. The number of amides is 1. The molecule has 0 aliphatic carbocycles. The third-order valence-electron chi connectivity index (χ3n) is 6.37. The number of piperazine rings is 1. The van der Waals surface area contributed by atoms with E-state index in [2.05, 4.69) is 39.9 Å². The minimum absolute atomic E-state index is 0.0505. The Balaban J connectivity index is 1.29. The fraction of sp³-hybridized carbons (Fsp3) is 0.423. The molecular formula is C26H33N3O3. The summed E-state index contributed by atoms with van der Waals surface area (Å²) in [5.74, 6) is 0.843. The monoisotopic (exact) mass is 435 g/mol. The number of rotatable bonds is 8. The third kappa shape index (κ3) is 5.31. The van der Waals surface area contributed by atoms with Crippen LogP contribution in [-0.2, 0) is 11.2 Å². The summed E-state index contributed by atoms with van der Waals surface area (Å²) >= 11 is 0. The molecule has 0 spiro atoms. The first kappa shape index (κ1) is 22.4. The van der Waals surface area contributed by atoms with Crippen LogP contribution in [0, 0.1) is 0 Å². The Morgan fingerprint density at radius 2 is 1.97 bits per heavy atom. The van der Waals surface area contributed by atoms with Gasteiger partial charge in [0, 0.05) is 50.5 Å². The second-order valence-electron chi connectivity index (χ2n) is 8.34. The molecule has 1 N–H and O–H groups in total. The first-order valence-electron chi connectivity index (χ1n) is 11.4. The molecule has 0 bridgehead atoms. The van der Waals surface area contributed by atoms with Crippen LogP contribution in [0.2, 0.25) is 0 Å². The lowest BCUT2D eigenvalue weighted by molar-refractivity contribution is 0.0288. The summed E-state index contributed by atoms with van der Waals surface area (Å²) in [6.07, 6.45) is 3.62. The van der Waals surface area contributed by atoms with Crippen molar-refractivity contribution in [2.24, 2.45) is 0 Å². The molecule has 32 heavy (non-hydrogen) atoms. The lowest BCUT2D eigenvalue weighted by Crippen LogP contribution is -2.46. The van der Waals surface area contributed by atoms with Gasteiger partial charge in [-0.3, -0.25) is 9.69 Å². The van der Waals surface area contributed by atoms with E-state index in [0.29, 0.717) is 18.7 Å². The average Bonchev–Trinajstić information content (AvgIpc) is 2.86. The van der Waals surface area contributed by atoms with Crippen LogP contribution in [0.15, 0.2) is 55.1 Å². The SMILES string of the molecule is C=CCNC(=O)c1ccc2c(c1)CCOC2CCN1CCN(c2ccc(OC)cc2)CC1. The molecule has 2 aliphatic heterocycles. The lowest BCUT2D eigenvalue weighted by atomic mass is 9.93. The van der Waals surface area contributed by atoms with Crippen molar-refractivity contribution in [3.8, 4) is 5.75 Å². The average molecular weight is 436 g/mol. The summed E-state index contributed by atoms with van der Waals surface area (Å²) in [6.45, 7) is 10.0. The first-order chi connectivity index (χ1) is 15.7. The van der Waals surface area contributed by atoms with Crippen LogP contribution in [0.1, 0.15) is 34.0 Å². The predicted molar refractivity (Wildman–Crippen MR) is 128 cm³/mol. The van der Waals surface area contributed by atoms with E-state index in [4.69, 9.17) is 9.47 Å². The van der Waals surface area contributed by atoms with Crippen LogP contribution >= 0.6 is 0 Å². The fourth-order valence-corrected chi connectivity index (χ4v) is 4.51. The van der Waals surface area contributed by atoms with E-state index in [-0.39, 0.29) is 12.0 Å².